The summed E-state index contributed by atoms with van der Waals surface area (Å²) >= 11 is 7.20. The maximum atomic E-state index is 13.2. The van der Waals surface area contributed by atoms with Gasteiger partial charge in [-0.15, -0.1) is 0 Å². The zero-order valence-electron chi connectivity index (χ0n) is 17.5. The van der Waals surface area contributed by atoms with Crippen LogP contribution in [0.25, 0.3) is 10.9 Å². The molecule has 1 unspecified atom stereocenters. The first-order chi connectivity index (χ1) is 15.5. The Bertz CT molecular complexity index is 1290. The number of hydrogen-bond acceptors (Lipinski definition) is 4. The van der Waals surface area contributed by atoms with Crippen LogP contribution in [0.1, 0.15) is 24.1 Å². The summed E-state index contributed by atoms with van der Waals surface area (Å²) in [5.41, 5.74) is 2.48. The molecule has 7 heteroatoms. The van der Waals surface area contributed by atoms with Gasteiger partial charge in [-0.1, -0.05) is 78.0 Å². The molecule has 1 heterocycles. The van der Waals surface area contributed by atoms with Crippen LogP contribution in [0, 0.1) is 0 Å². The first-order valence-electron chi connectivity index (χ1n) is 10.2. The highest BCUT2D eigenvalue weighted by Crippen LogP contribution is 2.20. The highest BCUT2D eigenvalue weighted by molar-refractivity contribution is 7.99. The number of nitrogens with one attached hydrogen (secondary N) is 1. The topological polar surface area (TPSA) is 64.0 Å². The second-order valence-corrected chi connectivity index (χ2v) is 8.80. The van der Waals surface area contributed by atoms with Gasteiger partial charge in [-0.2, -0.15) is 0 Å². The number of fused-ring (bicyclic) bond motifs is 1. The van der Waals surface area contributed by atoms with E-state index in [1.54, 1.807) is 22.8 Å². The molecular weight excluding hydrogens is 442 g/mol. The Labute approximate surface area is 195 Å². The molecule has 162 valence electrons. The number of rotatable bonds is 7. The lowest BCUT2D eigenvalue weighted by atomic mass is 10.1. The van der Waals surface area contributed by atoms with Crippen LogP contribution in [-0.4, -0.2) is 21.2 Å². The molecule has 4 rings (SSSR count). The quantitative estimate of drug-likeness (QED) is 0.307. The third-order valence-electron chi connectivity index (χ3n) is 5.09. The summed E-state index contributed by atoms with van der Waals surface area (Å²) in [6.45, 7) is 2.31. The predicted molar refractivity (Wildman–Crippen MR) is 130 cm³/mol. The number of amides is 1. The van der Waals surface area contributed by atoms with Crippen molar-refractivity contribution >= 4 is 40.2 Å². The first-order valence-corrected chi connectivity index (χ1v) is 11.6. The fraction of sp³-hybridized carbons (Fsp3) is 0.160. The second kappa shape index (κ2) is 10.0. The van der Waals surface area contributed by atoms with Crippen LogP contribution in [0.2, 0.25) is 5.02 Å². The molecule has 1 aromatic heterocycles. The van der Waals surface area contributed by atoms with Gasteiger partial charge in [-0.05, 0) is 42.3 Å². The fourth-order valence-electron chi connectivity index (χ4n) is 3.41. The maximum absolute atomic E-state index is 13.2. The van der Waals surface area contributed by atoms with Gasteiger partial charge < -0.3 is 5.32 Å². The van der Waals surface area contributed by atoms with Gasteiger partial charge in [0.05, 0.1) is 29.2 Å². The van der Waals surface area contributed by atoms with Crippen LogP contribution in [-0.2, 0) is 11.3 Å². The molecule has 0 radical (unpaired) electrons. The van der Waals surface area contributed by atoms with Crippen molar-refractivity contribution in [3.63, 3.8) is 0 Å². The molecule has 0 aliphatic carbocycles. The average molecular weight is 464 g/mol. The molecular formula is C25H22ClN3O2S. The van der Waals surface area contributed by atoms with Crippen LogP contribution < -0.4 is 10.9 Å². The molecule has 1 N–H and O–H groups in total. The van der Waals surface area contributed by atoms with Crippen molar-refractivity contribution in [2.45, 2.75) is 24.7 Å². The van der Waals surface area contributed by atoms with Gasteiger partial charge in [0.25, 0.3) is 5.56 Å². The Morgan fingerprint density at radius 3 is 2.47 bits per heavy atom. The van der Waals surface area contributed by atoms with Gasteiger partial charge in [0.15, 0.2) is 5.16 Å². The normalized spacial score (nSPS) is 11.9. The van der Waals surface area contributed by atoms with Gasteiger partial charge in [0.1, 0.15) is 0 Å². The highest BCUT2D eigenvalue weighted by atomic mass is 35.5. The van der Waals surface area contributed by atoms with Crippen LogP contribution >= 0.6 is 23.4 Å². The summed E-state index contributed by atoms with van der Waals surface area (Å²) in [6, 6.07) is 24.3. The number of thioether (sulfide) groups is 1. The Balaban J connectivity index is 1.54. The van der Waals surface area contributed by atoms with Crippen LogP contribution in [0.3, 0.4) is 0 Å². The average Bonchev–Trinajstić information content (AvgIpc) is 2.81. The molecule has 0 aliphatic rings. The van der Waals surface area contributed by atoms with Gasteiger partial charge in [-0.25, -0.2) is 4.98 Å². The number of hydrogen-bond donors (Lipinski definition) is 1. The summed E-state index contributed by atoms with van der Waals surface area (Å²) < 4.78 is 1.64. The molecule has 0 spiro atoms. The zero-order valence-corrected chi connectivity index (χ0v) is 19.1. The highest BCUT2D eigenvalue weighted by Gasteiger charge is 2.15. The molecule has 0 saturated carbocycles. The standard InChI is InChI=1S/C25H22ClN3O2S/c1-17(19-11-13-20(26)14-12-19)27-23(30)16-32-25-28-22-10-6-5-9-21(22)24(31)29(25)15-18-7-3-2-4-8-18/h2-14,17H,15-16H2,1H3,(H,27,30). The predicted octanol–water partition coefficient (Wildman–Crippen LogP) is 5.07. The summed E-state index contributed by atoms with van der Waals surface area (Å²) in [6.07, 6.45) is 0. The molecule has 0 bridgehead atoms. The summed E-state index contributed by atoms with van der Waals surface area (Å²) in [4.78, 5) is 30.5. The van der Waals surface area contributed by atoms with Crippen molar-refractivity contribution < 1.29 is 4.79 Å². The minimum Gasteiger partial charge on any atom is -0.349 e. The Kier molecular flexibility index (Phi) is 6.93. The van der Waals surface area contributed by atoms with E-state index in [4.69, 9.17) is 11.6 Å². The number of para-hydroxylation sites is 1. The van der Waals surface area contributed by atoms with E-state index in [9.17, 15) is 9.59 Å². The number of carbonyl (C=O) groups is 1. The summed E-state index contributed by atoms with van der Waals surface area (Å²) in [7, 11) is 0. The summed E-state index contributed by atoms with van der Waals surface area (Å²) in [5.74, 6) is 0.0171. The van der Waals surface area contributed by atoms with E-state index in [-0.39, 0.29) is 23.3 Å². The third-order valence-corrected chi connectivity index (χ3v) is 6.32. The largest absolute Gasteiger partial charge is 0.349 e. The number of halogens is 1. The molecule has 1 atom stereocenters. The third kappa shape index (κ3) is 5.21. The van der Waals surface area contributed by atoms with E-state index in [2.05, 4.69) is 10.3 Å². The molecule has 0 aliphatic heterocycles. The van der Waals surface area contributed by atoms with Crippen LogP contribution in [0.15, 0.2) is 88.8 Å². The molecule has 1 amide bonds. The van der Waals surface area contributed by atoms with Crippen LogP contribution in [0.5, 0.6) is 0 Å². The Morgan fingerprint density at radius 1 is 1.03 bits per heavy atom. The molecule has 4 aromatic rings. The minimum atomic E-state index is -0.156. The minimum absolute atomic E-state index is 0.114. The molecule has 0 saturated heterocycles. The van der Waals surface area contributed by atoms with Crippen molar-refractivity contribution in [3.05, 3.63) is 105 Å². The van der Waals surface area contributed by atoms with Gasteiger partial charge >= 0.3 is 0 Å². The van der Waals surface area contributed by atoms with Crippen molar-refractivity contribution in [1.29, 1.82) is 0 Å². The Hall–Kier alpha value is -3.09. The smallest absolute Gasteiger partial charge is 0.262 e. The number of benzene rings is 3. The van der Waals surface area contributed by atoms with E-state index in [0.29, 0.717) is 27.6 Å². The maximum Gasteiger partial charge on any atom is 0.262 e. The van der Waals surface area contributed by atoms with E-state index in [1.165, 1.54) is 11.8 Å². The SMILES string of the molecule is CC(NC(=O)CSc1nc2ccccc2c(=O)n1Cc1ccccc1)c1ccc(Cl)cc1. The van der Waals surface area contributed by atoms with Crippen molar-refractivity contribution in [3.8, 4) is 0 Å². The second-order valence-electron chi connectivity index (χ2n) is 7.42. The lowest BCUT2D eigenvalue weighted by Gasteiger charge is -2.16. The van der Waals surface area contributed by atoms with E-state index >= 15 is 0 Å². The number of carbonyl (C=O) groups excluding carboxylic acids is 1. The fourth-order valence-corrected chi connectivity index (χ4v) is 4.35. The zero-order chi connectivity index (χ0) is 22.5. The van der Waals surface area contributed by atoms with E-state index < -0.39 is 0 Å². The lowest BCUT2D eigenvalue weighted by Crippen LogP contribution is -2.29. The first kappa shape index (κ1) is 22.1. The Morgan fingerprint density at radius 2 is 1.72 bits per heavy atom. The van der Waals surface area contributed by atoms with Crippen LogP contribution in [0.4, 0.5) is 0 Å². The monoisotopic (exact) mass is 463 g/mol. The van der Waals surface area contributed by atoms with Gasteiger partial charge in [0, 0.05) is 5.02 Å². The molecule has 0 fully saturated rings. The summed E-state index contributed by atoms with van der Waals surface area (Å²) in [5, 5.41) is 4.73. The van der Waals surface area contributed by atoms with Gasteiger partial charge in [0.2, 0.25) is 5.91 Å². The van der Waals surface area contributed by atoms with E-state index in [1.807, 2.05) is 67.6 Å². The van der Waals surface area contributed by atoms with Crippen molar-refractivity contribution in [2.75, 3.05) is 5.75 Å². The van der Waals surface area contributed by atoms with Crippen molar-refractivity contribution in [2.24, 2.45) is 0 Å². The number of aromatic nitrogens is 2. The molecule has 32 heavy (non-hydrogen) atoms. The lowest BCUT2D eigenvalue weighted by molar-refractivity contribution is -0.119. The number of nitrogens with zero attached hydrogens (tertiary/aromatic N) is 2. The molecule has 5 nitrogen and oxygen atoms in total. The van der Waals surface area contributed by atoms with Gasteiger partial charge in [-0.3, -0.25) is 14.2 Å². The van der Waals surface area contributed by atoms with Crippen molar-refractivity contribution in [1.82, 2.24) is 14.9 Å². The molecule has 3 aromatic carbocycles. The van der Waals surface area contributed by atoms with E-state index in [0.717, 1.165) is 11.1 Å².